The summed E-state index contributed by atoms with van der Waals surface area (Å²) in [7, 11) is 0. The normalized spacial score (nSPS) is 10.3. The van der Waals surface area contributed by atoms with Gasteiger partial charge in [0.2, 0.25) is 11.8 Å². The topological polar surface area (TPSA) is 144 Å². The number of carbonyl (C=O) groups excluding carboxylic acids is 2. The molecular weight excluding hydrogens is 272 g/mol. The Labute approximate surface area is 116 Å². The van der Waals surface area contributed by atoms with E-state index in [-0.39, 0.29) is 25.0 Å². The maximum absolute atomic E-state index is 10.9. The average molecular weight is 294 g/mol. The minimum Gasteiger partial charge on any atom is -0.377 e. The molecule has 0 rings (SSSR count). The van der Waals surface area contributed by atoms with Crippen molar-refractivity contribution in [3.05, 3.63) is 0 Å². The van der Waals surface area contributed by atoms with Crippen molar-refractivity contribution in [3.63, 3.8) is 0 Å². The van der Waals surface area contributed by atoms with Crippen molar-refractivity contribution in [2.45, 2.75) is 0 Å². The number of hydrogen-bond donors (Lipinski definition) is 5. The van der Waals surface area contributed by atoms with Gasteiger partial charge in [0.1, 0.15) is 6.61 Å². The number of carbonyl (C=O) groups is 2. The molecular formula is C10H22N4O6. The van der Waals surface area contributed by atoms with E-state index < -0.39 is 0 Å². The lowest BCUT2D eigenvalue weighted by molar-refractivity contribution is -0.126. The van der Waals surface area contributed by atoms with Crippen LogP contribution in [0.2, 0.25) is 0 Å². The SMILES string of the molecule is NOCC(=O)NCCOCCOCCNC(=O)CNO. The van der Waals surface area contributed by atoms with Crippen LogP contribution in [0.1, 0.15) is 0 Å². The first-order valence-corrected chi connectivity index (χ1v) is 6.08. The molecule has 0 fully saturated rings. The molecule has 10 nitrogen and oxygen atoms in total. The quantitative estimate of drug-likeness (QED) is 0.180. The zero-order valence-corrected chi connectivity index (χ0v) is 11.2. The molecule has 6 N–H and O–H groups in total. The van der Waals surface area contributed by atoms with Crippen LogP contribution >= 0.6 is 0 Å². The van der Waals surface area contributed by atoms with Gasteiger partial charge < -0.3 is 25.3 Å². The van der Waals surface area contributed by atoms with Gasteiger partial charge in [0.15, 0.2) is 0 Å². The summed E-state index contributed by atoms with van der Waals surface area (Å²) in [5.41, 5.74) is 1.75. The van der Waals surface area contributed by atoms with Gasteiger partial charge in [-0.05, 0) is 0 Å². The van der Waals surface area contributed by atoms with Crippen LogP contribution in [0.5, 0.6) is 0 Å². The number of ether oxygens (including phenoxy) is 2. The third kappa shape index (κ3) is 13.1. The van der Waals surface area contributed by atoms with Crippen LogP contribution in [-0.2, 0) is 23.9 Å². The van der Waals surface area contributed by atoms with E-state index in [4.69, 9.17) is 20.6 Å². The lowest BCUT2D eigenvalue weighted by atomic mass is 10.5. The largest absolute Gasteiger partial charge is 0.377 e. The summed E-state index contributed by atoms with van der Waals surface area (Å²) in [5.74, 6) is 4.10. The van der Waals surface area contributed by atoms with Crippen LogP contribution < -0.4 is 22.0 Å². The van der Waals surface area contributed by atoms with E-state index in [9.17, 15) is 9.59 Å². The van der Waals surface area contributed by atoms with Crippen molar-refractivity contribution in [1.29, 1.82) is 0 Å². The highest BCUT2D eigenvalue weighted by Crippen LogP contribution is 1.78. The third-order valence-electron chi connectivity index (χ3n) is 1.96. The van der Waals surface area contributed by atoms with Gasteiger partial charge in [-0.15, -0.1) is 0 Å². The van der Waals surface area contributed by atoms with Crippen LogP contribution in [0.4, 0.5) is 0 Å². The van der Waals surface area contributed by atoms with E-state index in [0.29, 0.717) is 39.5 Å². The molecule has 0 saturated carbocycles. The fraction of sp³-hybridized carbons (Fsp3) is 0.800. The molecule has 0 aromatic carbocycles. The van der Waals surface area contributed by atoms with Gasteiger partial charge in [-0.3, -0.25) is 14.4 Å². The van der Waals surface area contributed by atoms with Crippen LogP contribution in [-0.4, -0.2) is 69.7 Å². The fourth-order valence-corrected chi connectivity index (χ4v) is 1.11. The summed E-state index contributed by atoms with van der Waals surface area (Å²) in [6, 6.07) is 0. The van der Waals surface area contributed by atoms with Gasteiger partial charge >= 0.3 is 0 Å². The Bertz CT molecular complexity index is 240. The summed E-state index contributed by atoms with van der Waals surface area (Å²) >= 11 is 0. The molecule has 0 bridgehead atoms. The van der Waals surface area contributed by atoms with Crippen molar-refractivity contribution >= 4 is 11.8 Å². The van der Waals surface area contributed by atoms with Crippen molar-refractivity contribution in [1.82, 2.24) is 16.1 Å². The highest BCUT2D eigenvalue weighted by atomic mass is 16.6. The van der Waals surface area contributed by atoms with Crippen LogP contribution in [0.25, 0.3) is 0 Å². The smallest absolute Gasteiger partial charge is 0.248 e. The van der Waals surface area contributed by atoms with Crippen LogP contribution in [0.3, 0.4) is 0 Å². The van der Waals surface area contributed by atoms with E-state index in [1.54, 1.807) is 5.48 Å². The third-order valence-corrected chi connectivity index (χ3v) is 1.96. The van der Waals surface area contributed by atoms with Gasteiger partial charge in [0.05, 0.1) is 33.0 Å². The summed E-state index contributed by atoms with van der Waals surface area (Å²) < 4.78 is 10.4. The van der Waals surface area contributed by atoms with E-state index in [1.165, 1.54) is 0 Å². The molecule has 0 spiro atoms. The first-order valence-electron chi connectivity index (χ1n) is 6.08. The number of amides is 2. The number of nitrogens with one attached hydrogen (secondary N) is 3. The van der Waals surface area contributed by atoms with Crippen molar-refractivity contribution in [3.8, 4) is 0 Å². The molecule has 0 unspecified atom stereocenters. The Morgan fingerprint density at radius 2 is 1.50 bits per heavy atom. The molecule has 0 saturated heterocycles. The Morgan fingerprint density at radius 1 is 0.950 bits per heavy atom. The van der Waals surface area contributed by atoms with E-state index in [1.807, 2.05) is 0 Å². The van der Waals surface area contributed by atoms with E-state index in [2.05, 4.69) is 15.5 Å². The summed E-state index contributed by atoms with van der Waals surface area (Å²) in [4.78, 5) is 25.9. The van der Waals surface area contributed by atoms with Gasteiger partial charge in [-0.1, -0.05) is 0 Å². The Morgan fingerprint density at radius 3 is 2.00 bits per heavy atom. The molecule has 0 aromatic rings. The molecule has 2 amide bonds. The predicted octanol–water partition coefficient (Wildman–Crippen LogP) is -2.88. The van der Waals surface area contributed by atoms with Crippen LogP contribution in [0, 0.1) is 0 Å². The maximum Gasteiger partial charge on any atom is 0.248 e. The second kappa shape index (κ2) is 14.1. The van der Waals surface area contributed by atoms with E-state index in [0.717, 1.165) is 0 Å². The molecule has 0 radical (unpaired) electrons. The molecule has 118 valence electrons. The standard InChI is InChI=1S/C10H22N4O6/c11-20-8-10(16)13-2-4-19-6-5-18-3-1-12-9(15)7-14-17/h14,17H,1-8,11H2,(H,12,15)(H,13,16). The van der Waals surface area contributed by atoms with Gasteiger partial charge in [0.25, 0.3) is 0 Å². The molecule has 0 aliphatic heterocycles. The monoisotopic (exact) mass is 294 g/mol. The molecule has 0 heterocycles. The Balaban J connectivity index is 3.13. The predicted molar refractivity (Wildman–Crippen MR) is 67.6 cm³/mol. The zero-order chi connectivity index (χ0) is 15.1. The number of rotatable bonds is 13. The van der Waals surface area contributed by atoms with Crippen molar-refractivity contribution in [2.24, 2.45) is 5.90 Å². The summed E-state index contributed by atoms with van der Waals surface area (Å²) in [6.45, 7) is 1.87. The summed E-state index contributed by atoms with van der Waals surface area (Å²) in [5, 5.41) is 13.3. The molecule has 10 heteroatoms. The number of hydroxylamine groups is 1. The number of nitrogens with two attached hydrogens (primary N) is 1. The summed E-state index contributed by atoms with van der Waals surface area (Å²) in [6.07, 6.45) is 0. The van der Waals surface area contributed by atoms with Gasteiger partial charge in [0, 0.05) is 13.1 Å². The molecule has 20 heavy (non-hydrogen) atoms. The molecule has 0 aromatic heterocycles. The lowest BCUT2D eigenvalue weighted by Gasteiger charge is -2.07. The van der Waals surface area contributed by atoms with Crippen LogP contribution in [0.15, 0.2) is 0 Å². The van der Waals surface area contributed by atoms with Crippen molar-refractivity contribution in [2.75, 3.05) is 52.7 Å². The minimum atomic E-state index is -0.315. The minimum absolute atomic E-state index is 0.149. The second-order valence-electron chi connectivity index (χ2n) is 3.57. The van der Waals surface area contributed by atoms with Crippen molar-refractivity contribution < 1.29 is 29.1 Å². The average Bonchev–Trinajstić information content (AvgIpc) is 2.41. The highest BCUT2D eigenvalue weighted by Gasteiger charge is 1.99. The Kier molecular flexibility index (Phi) is 13.2. The lowest BCUT2D eigenvalue weighted by Crippen LogP contribution is -2.34. The molecule has 0 atom stereocenters. The zero-order valence-electron chi connectivity index (χ0n) is 11.2. The second-order valence-corrected chi connectivity index (χ2v) is 3.57. The van der Waals surface area contributed by atoms with E-state index >= 15 is 0 Å². The maximum atomic E-state index is 10.9. The number of hydrogen-bond acceptors (Lipinski definition) is 8. The first-order chi connectivity index (χ1) is 9.70. The first kappa shape index (κ1) is 18.7. The van der Waals surface area contributed by atoms with Gasteiger partial charge in [-0.25, -0.2) is 5.90 Å². The fourth-order valence-electron chi connectivity index (χ4n) is 1.11. The van der Waals surface area contributed by atoms with Gasteiger partial charge in [-0.2, -0.15) is 5.48 Å². The Hall–Kier alpha value is -1.30. The molecule has 0 aliphatic carbocycles. The highest BCUT2D eigenvalue weighted by molar-refractivity contribution is 5.77. The molecule has 0 aliphatic rings.